The second kappa shape index (κ2) is 7.24. The Balaban J connectivity index is 1.99. The minimum absolute atomic E-state index is 0.00237. The number of urea groups is 1. The molecular weight excluding hydrogens is 288 g/mol. The third-order valence-electron chi connectivity index (χ3n) is 3.79. The number of nitrogens with one attached hydrogen (secondary N) is 2. The number of carbonyl (C=O) groups excluding carboxylic acids is 1. The predicted molar refractivity (Wildman–Crippen MR) is 83.4 cm³/mol. The Bertz CT molecular complexity index is 442. The van der Waals surface area contributed by atoms with E-state index in [-0.39, 0.29) is 24.7 Å². The highest BCUT2D eigenvalue weighted by atomic mass is 32.1. The normalized spacial score (nSPS) is 20.8. The van der Waals surface area contributed by atoms with Gasteiger partial charge < -0.3 is 20.5 Å². The summed E-state index contributed by atoms with van der Waals surface area (Å²) in [5.74, 6) is 0. The van der Waals surface area contributed by atoms with Crippen molar-refractivity contribution in [2.75, 3.05) is 19.8 Å². The van der Waals surface area contributed by atoms with Crippen molar-refractivity contribution in [3.05, 3.63) is 22.4 Å². The van der Waals surface area contributed by atoms with E-state index in [1.165, 1.54) is 0 Å². The van der Waals surface area contributed by atoms with Gasteiger partial charge in [-0.25, -0.2) is 4.79 Å². The fourth-order valence-electron chi connectivity index (χ4n) is 2.41. The maximum atomic E-state index is 12.2. The SMILES string of the molecule is CC(C)(CO)C(NC(=O)NC1CCCOC1)c1cccs1. The highest BCUT2D eigenvalue weighted by molar-refractivity contribution is 7.10. The molecule has 0 bridgehead atoms. The van der Waals surface area contributed by atoms with E-state index in [2.05, 4.69) is 10.6 Å². The van der Waals surface area contributed by atoms with Crippen molar-refractivity contribution in [2.45, 2.75) is 38.8 Å². The standard InChI is InChI=1S/C15H24N2O3S/c1-15(2,10-18)13(12-6-4-8-21-12)17-14(19)16-11-5-3-7-20-9-11/h4,6,8,11,13,18H,3,5,7,9-10H2,1-2H3,(H2,16,17,19). The first-order chi connectivity index (χ1) is 10.0. The smallest absolute Gasteiger partial charge is 0.315 e. The van der Waals surface area contributed by atoms with Crippen LogP contribution in [-0.4, -0.2) is 37.0 Å². The maximum Gasteiger partial charge on any atom is 0.315 e. The number of hydrogen-bond donors (Lipinski definition) is 3. The number of carbonyl (C=O) groups is 1. The van der Waals surface area contributed by atoms with Crippen LogP contribution in [-0.2, 0) is 4.74 Å². The van der Waals surface area contributed by atoms with Crippen LogP contribution in [0.25, 0.3) is 0 Å². The van der Waals surface area contributed by atoms with E-state index >= 15 is 0 Å². The van der Waals surface area contributed by atoms with Crippen molar-refractivity contribution in [1.29, 1.82) is 0 Å². The van der Waals surface area contributed by atoms with E-state index in [4.69, 9.17) is 4.74 Å². The Labute approximate surface area is 129 Å². The summed E-state index contributed by atoms with van der Waals surface area (Å²) in [6.45, 7) is 5.24. The molecule has 0 saturated carbocycles. The van der Waals surface area contributed by atoms with E-state index in [1.54, 1.807) is 11.3 Å². The minimum Gasteiger partial charge on any atom is -0.396 e. The molecule has 0 aliphatic carbocycles. The lowest BCUT2D eigenvalue weighted by atomic mass is 9.84. The largest absolute Gasteiger partial charge is 0.396 e. The molecule has 1 aliphatic heterocycles. The van der Waals surface area contributed by atoms with Crippen molar-refractivity contribution in [3.63, 3.8) is 0 Å². The van der Waals surface area contributed by atoms with Gasteiger partial charge in [-0.2, -0.15) is 0 Å². The molecule has 2 rings (SSSR count). The summed E-state index contributed by atoms with van der Waals surface area (Å²) < 4.78 is 5.37. The van der Waals surface area contributed by atoms with Gasteiger partial charge in [-0.1, -0.05) is 19.9 Å². The fourth-order valence-corrected chi connectivity index (χ4v) is 3.40. The van der Waals surface area contributed by atoms with Gasteiger partial charge in [0.15, 0.2) is 0 Å². The van der Waals surface area contributed by atoms with Crippen LogP contribution in [0, 0.1) is 5.41 Å². The maximum absolute atomic E-state index is 12.2. The summed E-state index contributed by atoms with van der Waals surface area (Å²) in [4.78, 5) is 13.3. The van der Waals surface area contributed by atoms with Crippen LogP contribution >= 0.6 is 11.3 Å². The Kier molecular flexibility index (Phi) is 5.61. The van der Waals surface area contributed by atoms with Gasteiger partial charge in [0.25, 0.3) is 0 Å². The average molecular weight is 312 g/mol. The summed E-state index contributed by atoms with van der Waals surface area (Å²) in [5, 5.41) is 17.5. The number of ether oxygens (including phenoxy) is 1. The van der Waals surface area contributed by atoms with Crippen LogP contribution in [0.4, 0.5) is 4.79 Å². The summed E-state index contributed by atoms with van der Waals surface area (Å²) >= 11 is 1.58. The predicted octanol–water partition coefficient (Wildman–Crippen LogP) is 2.29. The second-order valence-corrected chi connectivity index (χ2v) is 7.11. The molecule has 5 nitrogen and oxygen atoms in total. The zero-order valence-corrected chi connectivity index (χ0v) is 13.4. The molecule has 0 aromatic carbocycles. The summed E-state index contributed by atoms with van der Waals surface area (Å²) in [5.41, 5.74) is -0.425. The third kappa shape index (κ3) is 4.43. The number of amides is 2. The second-order valence-electron chi connectivity index (χ2n) is 6.13. The molecule has 6 heteroatoms. The highest BCUT2D eigenvalue weighted by Crippen LogP contribution is 2.35. The molecule has 2 heterocycles. The molecule has 1 aromatic rings. The van der Waals surface area contributed by atoms with Crippen LogP contribution in [0.5, 0.6) is 0 Å². The zero-order valence-electron chi connectivity index (χ0n) is 12.6. The lowest BCUT2D eigenvalue weighted by Gasteiger charge is -2.33. The minimum atomic E-state index is -0.425. The van der Waals surface area contributed by atoms with Crippen LogP contribution in [0.15, 0.2) is 17.5 Å². The van der Waals surface area contributed by atoms with Crippen molar-refractivity contribution in [1.82, 2.24) is 10.6 Å². The van der Waals surface area contributed by atoms with Gasteiger partial charge in [-0.3, -0.25) is 0 Å². The van der Waals surface area contributed by atoms with Gasteiger partial charge in [0.05, 0.1) is 25.3 Å². The zero-order chi connectivity index (χ0) is 15.3. The average Bonchev–Trinajstić information content (AvgIpc) is 2.99. The lowest BCUT2D eigenvalue weighted by molar-refractivity contribution is 0.0718. The van der Waals surface area contributed by atoms with Crippen molar-refractivity contribution in [2.24, 2.45) is 5.41 Å². The molecule has 3 N–H and O–H groups in total. The molecule has 1 saturated heterocycles. The van der Waals surface area contributed by atoms with E-state index in [0.717, 1.165) is 24.3 Å². The fraction of sp³-hybridized carbons (Fsp3) is 0.667. The number of thiophene rings is 1. The first-order valence-corrected chi connectivity index (χ1v) is 8.20. The van der Waals surface area contributed by atoms with Gasteiger partial charge in [-0.05, 0) is 24.3 Å². The number of aliphatic hydroxyl groups excluding tert-OH is 1. The molecule has 118 valence electrons. The molecule has 1 aliphatic rings. The number of hydrogen-bond acceptors (Lipinski definition) is 4. The molecule has 1 fully saturated rings. The van der Waals surface area contributed by atoms with Crippen molar-refractivity contribution in [3.8, 4) is 0 Å². The van der Waals surface area contributed by atoms with Gasteiger partial charge >= 0.3 is 6.03 Å². The molecule has 2 atom stereocenters. The molecular formula is C15H24N2O3S. The van der Waals surface area contributed by atoms with Crippen molar-refractivity contribution >= 4 is 17.4 Å². The monoisotopic (exact) mass is 312 g/mol. The molecule has 21 heavy (non-hydrogen) atoms. The Morgan fingerprint density at radius 2 is 2.43 bits per heavy atom. The van der Waals surface area contributed by atoms with E-state index in [9.17, 15) is 9.90 Å². The first kappa shape index (κ1) is 16.3. The van der Waals surface area contributed by atoms with E-state index < -0.39 is 5.41 Å². The molecule has 1 aromatic heterocycles. The quantitative estimate of drug-likeness (QED) is 0.781. The lowest BCUT2D eigenvalue weighted by Crippen LogP contribution is -2.49. The van der Waals surface area contributed by atoms with Gasteiger partial charge in [0.1, 0.15) is 0 Å². The Morgan fingerprint density at radius 1 is 1.62 bits per heavy atom. The van der Waals surface area contributed by atoms with Gasteiger partial charge in [0.2, 0.25) is 0 Å². The van der Waals surface area contributed by atoms with E-state index in [1.807, 2.05) is 31.4 Å². The van der Waals surface area contributed by atoms with Crippen LogP contribution in [0.2, 0.25) is 0 Å². The third-order valence-corrected chi connectivity index (χ3v) is 4.72. The Morgan fingerprint density at radius 3 is 3.00 bits per heavy atom. The van der Waals surface area contributed by atoms with E-state index in [0.29, 0.717) is 6.61 Å². The first-order valence-electron chi connectivity index (χ1n) is 7.32. The van der Waals surface area contributed by atoms with Crippen LogP contribution in [0.1, 0.15) is 37.6 Å². The number of rotatable bonds is 5. The summed E-state index contributed by atoms with van der Waals surface area (Å²) in [7, 11) is 0. The highest BCUT2D eigenvalue weighted by Gasteiger charge is 2.32. The summed E-state index contributed by atoms with van der Waals surface area (Å²) in [6.07, 6.45) is 1.92. The molecule has 2 unspecified atom stereocenters. The summed E-state index contributed by atoms with van der Waals surface area (Å²) in [6, 6.07) is 3.59. The number of aliphatic hydroxyl groups is 1. The topological polar surface area (TPSA) is 70.6 Å². The van der Waals surface area contributed by atoms with Gasteiger partial charge in [0, 0.05) is 16.9 Å². The molecule has 0 radical (unpaired) electrons. The van der Waals surface area contributed by atoms with Gasteiger partial charge in [-0.15, -0.1) is 11.3 Å². The van der Waals surface area contributed by atoms with Crippen LogP contribution in [0.3, 0.4) is 0 Å². The molecule has 0 spiro atoms. The molecule has 2 amide bonds. The Hall–Kier alpha value is -1.11. The van der Waals surface area contributed by atoms with Crippen molar-refractivity contribution < 1.29 is 14.6 Å². The van der Waals surface area contributed by atoms with Crippen LogP contribution < -0.4 is 10.6 Å².